The van der Waals surface area contributed by atoms with Crippen LogP contribution in [-0.2, 0) is 6.54 Å². The summed E-state index contributed by atoms with van der Waals surface area (Å²) < 4.78 is 0. The number of piperidine rings is 1. The second kappa shape index (κ2) is 7.07. The van der Waals surface area contributed by atoms with E-state index in [1.807, 2.05) is 12.1 Å². The Balaban J connectivity index is 1.88. The molecular weight excluding hydrogens is 246 g/mol. The normalized spacial score (nSPS) is 17.3. The van der Waals surface area contributed by atoms with Crippen molar-refractivity contribution in [2.24, 2.45) is 5.92 Å². The summed E-state index contributed by atoms with van der Waals surface area (Å²) in [6.45, 7) is 7.69. The zero-order chi connectivity index (χ0) is 12.8. The smallest absolute Gasteiger partial charge is 0.129 e. The Bertz CT molecular complexity index is 364. The number of halogens is 1. The van der Waals surface area contributed by atoms with Gasteiger partial charge in [-0.3, -0.25) is 4.90 Å². The highest BCUT2D eigenvalue weighted by Crippen LogP contribution is 2.15. The summed E-state index contributed by atoms with van der Waals surface area (Å²) in [5.74, 6) is 0.824. The number of pyridine rings is 1. The largest absolute Gasteiger partial charge is 0.317 e. The zero-order valence-electron chi connectivity index (χ0n) is 11.0. The Kier molecular flexibility index (Phi) is 5.42. The number of hydrogen-bond acceptors (Lipinski definition) is 3. The first-order chi connectivity index (χ1) is 8.78. The van der Waals surface area contributed by atoms with Crippen LogP contribution >= 0.6 is 11.6 Å². The topological polar surface area (TPSA) is 28.2 Å². The van der Waals surface area contributed by atoms with Crippen LogP contribution in [0.4, 0.5) is 0 Å². The predicted octanol–water partition coefficient (Wildman–Crippen LogP) is 2.56. The molecule has 1 saturated heterocycles. The van der Waals surface area contributed by atoms with Gasteiger partial charge >= 0.3 is 0 Å². The van der Waals surface area contributed by atoms with Crippen LogP contribution in [0, 0.1) is 5.92 Å². The molecule has 0 aliphatic carbocycles. The van der Waals surface area contributed by atoms with Gasteiger partial charge in [0.15, 0.2) is 0 Å². The number of hydrogen-bond donors (Lipinski definition) is 1. The number of nitrogens with one attached hydrogen (secondary N) is 1. The Morgan fingerprint density at radius 3 is 2.83 bits per heavy atom. The van der Waals surface area contributed by atoms with Crippen molar-refractivity contribution in [2.45, 2.75) is 26.3 Å². The van der Waals surface area contributed by atoms with Crippen LogP contribution in [0.25, 0.3) is 0 Å². The Hall–Kier alpha value is -0.640. The monoisotopic (exact) mass is 267 g/mol. The molecule has 2 heterocycles. The van der Waals surface area contributed by atoms with Crippen LogP contribution in [0.3, 0.4) is 0 Å². The summed E-state index contributed by atoms with van der Waals surface area (Å²) in [6.07, 6.45) is 2.58. The molecule has 18 heavy (non-hydrogen) atoms. The highest BCUT2D eigenvalue weighted by Gasteiger charge is 2.16. The first kappa shape index (κ1) is 13.8. The molecule has 1 aromatic heterocycles. The third-order valence-corrected chi connectivity index (χ3v) is 3.79. The van der Waals surface area contributed by atoms with Gasteiger partial charge in [-0.15, -0.1) is 0 Å². The summed E-state index contributed by atoms with van der Waals surface area (Å²) in [4.78, 5) is 6.83. The second-order valence-corrected chi connectivity index (χ2v) is 5.36. The minimum atomic E-state index is 0.588. The van der Waals surface area contributed by atoms with Crippen LogP contribution in [-0.4, -0.2) is 36.1 Å². The number of aromatic nitrogens is 1. The number of nitrogens with zero attached hydrogens (tertiary/aromatic N) is 2. The van der Waals surface area contributed by atoms with Crippen LogP contribution in [0.5, 0.6) is 0 Å². The molecule has 0 saturated carbocycles. The summed E-state index contributed by atoms with van der Waals surface area (Å²) >= 11 is 5.93. The molecule has 3 nitrogen and oxygen atoms in total. The van der Waals surface area contributed by atoms with Crippen molar-refractivity contribution in [3.8, 4) is 0 Å². The average molecular weight is 268 g/mol. The van der Waals surface area contributed by atoms with E-state index >= 15 is 0 Å². The molecule has 0 radical (unpaired) electrons. The van der Waals surface area contributed by atoms with Gasteiger partial charge < -0.3 is 5.32 Å². The summed E-state index contributed by atoms with van der Waals surface area (Å²) in [6, 6.07) is 5.86. The molecule has 0 aromatic carbocycles. The molecule has 1 aromatic rings. The molecule has 2 rings (SSSR count). The lowest BCUT2D eigenvalue weighted by Gasteiger charge is -2.29. The van der Waals surface area contributed by atoms with E-state index in [0.717, 1.165) is 37.8 Å². The van der Waals surface area contributed by atoms with Gasteiger partial charge in [0.2, 0.25) is 0 Å². The molecule has 1 aliphatic rings. The molecule has 1 fully saturated rings. The lowest BCUT2D eigenvalue weighted by atomic mass is 9.97. The fourth-order valence-electron chi connectivity index (χ4n) is 2.50. The van der Waals surface area contributed by atoms with Gasteiger partial charge in [-0.2, -0.15) is 0 Å². The van der Waals surface area contributed by atoms with Crippen LogP contribution in [0.2, 0.25) is 5.15 Å². The van der Waals surface area contributed by atoms with E-state index in [4.69, 9.17) is 11.6 Å². The quantitative estimate of drug-likeness (QED) is 0.831. The van der Waals surface area contributed by atoms with Crippen molar-refractivity contribution in [2.75, 3.05) is 26.2 Å². The summed E-state index contributed by atoms with van der Waals surface area (Å²) in [5.41, 5.74) is 1.07. The molecular formula is C14H22ClN3. The van der Waals surface area contributed by atoms with Crippen molar-refractivity contribution in [1.29, 1.82) is 0 Å². The third-order valence-electron chi connectivity index (χ3n) is 3.58. The second-order valence-electron chi connectivity index (χ2n) is 4.97. The predicted molar refractivity (Wildman–Crippen MR) is 75.8 cm³/mol. The van der Waals surface area contributed by atoms with E-state index in [0.29, 0.717) is 5.15 Å². The zero-order valence-corrected chi connectivity index (χ0v) is 11.8. The Morgan fingerprint density at radius 2 is 2.17 bits per heavy atom. The van der Waals surface area contributed by atoms with E-state index in [9.17, 15) is 0 Å². The summed E-state index contributed by atoms with van der Waals surface area (Å²) in [5, 5.41) is 4.00. The van der Waals surface area contributed by atoms with Crippen molar-refractivity contribution in [1.82, 2.24) is 15.2 Å². The first-order valence-corrected chi connectivity index (χ1v) is 7.20. The standard InChI is InChI=1S/C14H22ClN3/c1-2-18(10-12-6-8-16-9-7-12)11-13-4-3-5-14(15)17-13/h3-5,12,16H,2,6-11H2,1H3. The molecule has 0 spiro atoms. The van der Waals surface area contributed by atoms with E-state index in [-0.39, 0.29) is 0 Å². The SMILES string of the molecule is CCN(Cc1cccc(Cl)n1)CC1CCNCC1. The lowest BCUT2D eigenvalue weighted by Crippen LogP contribution is -2.36. The van der Waals surface area contributed by atoms with Crippen molar-refractivity contribution in [3.05, 3.63) is 29.0 Å². The molecule has 0 bridgehead atoms. The highest BCUT2D eigenvalue weighted by atomic mass is 35.5. The average Bonchev–Trinajstić information content (AvgIpc) is 2.39. The number of rotatable bonds is 5. The van der Waals surface area contributed by atoms with E-state index < -0.39 is 0 Å². The van der Waals surface area contributed by atoms with Crippen molar-refractivity contribution >= 4 is 11.6 Å². The van der Waals surface area contributed by atoms with Gasteiger partial charge in [0.05, 0.1) is 5.69 Å². The minimum Gasteiger partial charge on any atom is -0.317 e. The van der Waals surface area contributed by atoms with Crippen molar-refractivity contribution < 1.29 is 0 Å². The molecule has 100 valence electrons. The van der Waals surface area contributed by atoms with Gasteiger partial charge in [-0.1, -0.05) is 24.6 Å². The van der Waals surface area contributed by atoms with Gasteiger partial charge in [-0.25, -0.2) is 4.98 Å². The maximum Gasteiger partial charge on any atom is 0.129 e. The molecule has 0 amide bonds. The van der Waals surface area contributed by atoms with E-state index in [1.54, 1.807) is 0 Å². The van der Waals surface area contributed by atoms with Gasteiger partial charge in [0.25, 0.3) is 0 Å². The van der Waals surface area contributed by atoms with Crippen LogP contribution < -0.4 is 5.32 Å². The molecule has 4 heteroatoms. The van der Waals surface area contributed by atoms with Crippen molar-refractivity contribution in [3.63, 3.8) is 0 Å². The lowest BCUT2D eigenvalue weighted by molar-refractivity contribution is 0.205. The first-order valence-electron chi connectivity index (χ1n) is 6.82. The van der Waals surface area contributed by atoms with Gasteiger partial charge in [0, 0.05) is 13.1 Å². The molecule has 0 atom stereocenters. The fourth-order valence-corrected chi connectivity index (χ4v) is 2.68. The van der Waals surface area contributed by atoms with E-state index in [2.05, 4.69) is 28.2 Å². The highest BCUT2D eigenvalue weighted by molar-refractivity contribution is 6.29. The molecule has 1 N–H and O–H groups in total. The Morgan fingerprint density at radius 1 is 1.39 bits per heavy atom. The maximum absolute atomic E-state index is 5.93. The van der Waals surface area contributed by atoms with Gasteiger partial charge in [-0.05, 0) is 50.5 Å². The van der Waals surface area contributed by atoms with Crippen LogP contribution in [0.1, 0.15) is 25.5 Å². The fraction of sp³-hybridized carbons (Fsp3) is 0.643. The molecule has 0 unspecified atom stereocenters. The van der Waals surface area contributed by atoms with E-state index in [1.165, 1.54) is 19.4 Å². The Labute approximate surface area is 115 Å². The van der Waals surface area contributed by atoms with Gasteiger partial charge in [0.1, 0.15) is 5.15 Å². The van der Waals surface area contributed by atoms with Crippen LogP contribution in [0.15, 0.2) is 18.2 Å². The maximum atomic E-state index is 5.93. The minimum absolute atomic E-state index is 0.588. The third kappa shape index (κ3) is 4.23. The summed E-state index contributed by atoms with van der Waals surface area (Å²) in [7, 11) is 0. The molecule has 1 aliphatic heterocycles.